The number of amides is 1. The molecule has 2 aromatic rings. The second kappa shape index (κ2) is 8.51. The van der Waals surface area contributed by atoms with Crippen LogP contribution < -0.4 is 24.3 Å². The largest absolute Gasteiger partial charge is 0.497 e. The average Bonchev–Trinajstić information content (AvgIpc) is 2.72. The van der Waals surface area contributed by atoms with E-state index in [9.17, 15) is 9.59 Å². The van der Waals surface area contributed by atoms with E-state index < -0.39 is 18.0 Å². The monoisotopic (exact) mass is 387 g/mol. The van der Waals surface area contributed by atoms with E-state index in [1.165, 1.54) is 27.2 Å². The molecule has 8 nitrogen and oxygen atoms in total. The molecule has 0 aromatic heterocycles. The molecule has 0 aliphatic carbocycles. The van der Waals surface area contributed by atoms with Crippen molar-refractivity contribution in [3.8, 4) is 23.0 Å². The molecule has 28 heavy (non-hydrogen) atoms. The molecule has 3 rings (SSSR count). The van der Waals surface area contributed by atoms with Gasteiger partial charge in [0, 0.05) is 11.8 Å². The third-order valence-electron chi connectivity index (χ3n) is 4.09. The molecular weight excluding hydrogens is 366 g/mol. The Balaban J connectivity index is 1.66. The minimum atomic E-state index is -1.03. The number of carbonyl (C=O) groups is 2. The fourth-order valence-electron chi connectivity index (χ4n) is 2.62. The van der Waals surface area contributed by atoms with Gasteiger partial charge in [0.2, 0.25) is 0 Å². The van der Waals surface area contributed by atoms with Crippen LogP contribution in [0.3, 0.4) is 0 Å². The zero-order valence-corrected chi connectivity index (χ0v) is 15.8. The number of benzene rings is 2. The zero-order chi connectivity index (χ0) is 20.1. The van der Waals surface area contributed by atoms with E-state index in [4.69, 9.17) is 23.7 Å². The summed E-state index contributed by atoms with van der Waals surface area (Å²) in [4.78, 5) is 24.9. The molecule has 0 unspecified atom stereocenters. The van der Waals surface area contributed by atoms with Gasteiger partial charge < -0.3 is 29.0 Å². The first kappa shape index (κ1) is 19.3. The highest BCUT2D eigenvalue weighted by molar-refractivity contribution is 5.98. The van der Waals surface area contributed by atoms with Gasteiger partial charge in [0.1, 0.15) is 30.3 Å². The fourth-order valence-corrected chi connectivity index (χ4v) is 2.62. The third-order valence-corrected chi connectivity index (χ3v) is 4.09. The van der Waals surface area contributed by atoms with Gasteiger partial charge in [-0.3, -0.25) is 4.79 Å². The molecule has 1 aliphatic rings. The summed E-state index contributed by atoms with van der Waals surface area (Å²) in [5.74, 6) is 0.794. The normalized spacial score (nSPS) is 13.2. The SMILES string of the molecule is COc1ccc(OC)c(C(=O)O[C@@H](C)C(=O)Nc2ccc3c(c2)OCCO3)c1. The Morgan fingerprint density at radius 1 is 1.00 bits per heavy atom. The van der Waals surface area contributed by atoms with Crippen LogP contribution in [-0.4, -0.2) is 45.4 Å². The first-order valence-electron chi connectivity index (χ1n) is 8.65. The highest BCUT2D eigenvalue weighted by Gasteiger charge is 2.23. The molecular formula is C20H21NO7. The van der Waals surface area contributed by atoms with E-state index in [1.807, 2.05) is 0 Å². The number of hydrogen-bond donors (Lipinski definition) is 1. The number of rotatable bonds is 6. The number of carbonyl (C=O) groups excluding carboxylic acids is 2. The predicted molar refractivity (Wildman–Crippen MR) is 100 cm³/mol. The molecule has 1 heterocycles. The van der Waals surface area contributed by atoms with Crippen molar-refractivity contribution in [2.24, 2.45) is 0 Å². The molecule has 1 amide bonds. The number of fused-ring (bicyclic) bond motifs is 1. The lowest BCUT2D eigenvalue weighted by Crippen LogP contribution is -2.30. The van der Waals surface area contributed by atoms with Crippen molar-refractivity contribution >= 4 is 17.6 Å². The second-order valence-corrected chi connectivity index (χ2v) is 5.96. The van der Waals surface area contributed by atoms with Crippen LogP contribution in [0.25, 0.3) is 0 Å². The minimum absolute atomic E-state index is 0.167. The molecule has 2 aromatic carbocycles. The lowest BCUT2D eigenvalue weighted by atomic mass is 10.2. The summed E-state index contributed by atoms with van der Waals surface area (Å²) in [5.41, 5.74) is 0.678. The van der Waals surface area contributed by atoms with Crippen molar-refractivity contribution in [3.63, 3.8) is 0 Å². The Bertz CT molecular complexity index is 881. The lowest BCUT2D eigenvalue weighted by molar-refractivity contribution is -0.123. The lowest BCUT2D eigenvalue weighted by Gasteiger charge is -2.19. The fraction of sp³-hybridized carbons (Fsp3) is 0.300. The van der Waals surface area contributed by atoms with Crippen LogP contribution in [0, 0.1) is 0 Å². The van der Waals surface area contributed by atoms with Gasteiger partial charge >= 0.3 is 5.97 Å². The summed E-state index contributed by atoms with van der Waals surface area (Å²) < 4.78 is 26.5. The predicted octanol–water partition coefficient (Wildman–Crippen LogP) is 2.66. The molecule has 148 valence electrons. The van der Waals surface area contributed by atoms with E-state index in [2.05, 4.69) is 5.32 Å². The van der Waals surface area contributed by atoms with E-state index >= 15 is 0 Å². The topological polar surface area (TPSA) is 92.3 Å². The Morgan fingerprint density at radius 3 is 2.46 bits per heavy atom. The number of anilines is 1. The van der Waals surface area contributed by atoms with E-state index in [-0.39, 0.29) is 5.56 Å². The second-order valence-electron chi connectivity index (χ2n) is 5.96. The molecule has 0 fully saturated rings. The highest BCUT2D eigenvalue weighted by Crippen LogP contribution is 2.32. The van der Waals surface area contributed by atoms with Crippen LogP contribution in [0.2, 0.25) is 0 Å². The van der Waals surface area contributed by atoms with Crippen molar-refractivity contribution in [3.05, 3.63) is 42.0 Å². The third kappa shape index (κ3) is 4.28. The molecule has 1 atom stereocenters. The van der Waals surface area contributed by atoms with Crippen molar-refractivity contribution in [2.75, 3.05) is 32.8 Å². The Morgan fingerprint density at radius 2 is 1.75 bits per heavy atom. The van der Waals surface area contributed by atoms with Gasteiger partial charge in [-0.15, -0.1) is 0 Å². The molecule has 0 saturated heterocycles. The number of hydrogen-bond acceptors (Lipinski definition) is 7. The molecule has 1 N–H and O–H groups in total. The molecule has 0 bridgehead atoms. The van der Waals surface area contributed by atoms with Gasteiger partial charge in [-0.2, -0.15) is 0 Å². The Hall–Kier alpha value is -3.42. The highest BCUT2D eigenvalue weighted by atomic mass is 16.6. The van der Waals surface area contributed by atoms with E-state index in [0.717, 1.165) is 0 Å². The Labute approximate surface area is 162 Å². The van der Waals surface area contributed by atoms with Crippen LogP contribution in [0.1, 0.15) is 17.3 Å². The summed E-state index contributed by atoms with van der Waals surface area (Å²) in [6.45, 7) is 2.41. The Kier molecular flexibility index (Phi) is 5.88. The quantitative estimate of drug-likeness (QED) is 0.762. The van der Waals surface area contributed by atoms with Crippen molar-refractivity contribution in [1.29, 1.82) is 0 Å². The average molecular weight is 387 g/mol. The van der Waals surface area contributed by atoms with Crippen LogP contribution in [0.4, 0.5) is 5.69 Å². The first-order valence-corrected chi connectivity index (χ1v) is 8.65. The molecule has 8 heteroatoms. The zero-order valence-electron chi connectivity index (χ0n) is 15.8. The molecule has 0 radical (unpaired) electrons. The number of esters is 1. The molecule has 0 spiro atoms. The smallest absolute Gasteiger partial charge is 0.342 e. The van der Waals surface area contributed by atoms with Crippen molar-refractivity contribution in [1.82, 2.24) is 0 Å². The van der Waals surface area contributed by atoms with Gasteiger partial charge in [0.05, 0.1) is 14.2 Å². The van der Waals surface area contributed by atoms with Gasteiger partial charge in [-0.25, -0.2) is 4.79 Å². The summed E-state index contributed by atoms with van der Waals surface area (Å²) in [7, 11) is 2.93. The molecule has 1 aliphatic heterocycles. The summed E-state index contributed by atoms with van der Waals surface area (Å²) in [6, 6.07) is 9.80. The number of ether oxygens (including phenoxy) is 5. The molecule has 0 saturated carbocycles. The van der Waals surface area contributed by atoms with Crippen molar-refractivity contribution < 1.29 is 33.3 Å². The maximum atomic E-state index is 12.5. The van der Waals surface area contributed by atoms with Gasteiger partial charge in [0.15, 0.2) is 17.6 Å². The van der Waals surface area contributed by atoms with Gasteiger partial charge in [0.25, 0.3) is 5.91 Å². The summed E-state index contributed by atoms with van der Waals surface area (Å²) >= 11 is 0. The summed E-state index contributed by atoms with van der Waals surface area (Å²) in [5, 5.41) is 2.69. The van der Waals surface area contributed by atoms with Crippen LogP contribution in [0.5, 0.6) is 23.0 Å². The van der Waals surface area contributed by atoms with Gasteiger partial charge in [-0.1, -0.05) is 0 Å². The van der Waals surface area contributed by atoms with E-state index in [1.54, 1.807) is 30.3 Å². The van der Waals surface area contributed by atoms with E-state index in [0.29, 0.717) is 41.9 Å². The van der Waals surface area contributed by atoms with Gasteiger partial charge in [-0.05, 0) is 37.3 Å². The van der Waals surface area contributed by atoms with Crippen LogP contribution in [-0.2, 0) is 9.53 Å². The van der Waals surface area contributed by atoms with Crippen molar-refractivity contribution in [2.45, 2.75) is 13.0 Å². The first-order chi connectivity index (χ1) is 13.5. The van der Waals surface area contributed by atoms with Crippen LogP contribution in [0.15, 0.2) is 36.4 Å². The maximum absolute atomic E-state index is 12.5. The number of methoxy groups -OCH3 is 2. The standard InChI is InChI=1S/C20H21NO7/c1-12(28-20(23)15-11-14(24-2)5-7-16(15)25-3)19(22)21-13-4-6-17-18(10-13)27-9-8-26-17/h4-7,10-12H,8-9H2,1-3H3,(H,21,22)/t12-/m0/s1. The number of nitrogens with one attached hydrogen (secondary N) is 1. The summed E-state index contributed by atoms with van der Waals surface area (Å²) in [6.07, 6.45) is -1.03. The maximum Gasteiger partial charge on any atom is 0.342 e. The van der Waals surface area contributed by atoms with Crippen LogP contribution >= 0.6 is 0 Å². The minimum Gasteiger partial charge on any atom is -0.497 e.